The van der Waals surface area contributed by atoms with Crippen LogP contribution in [0.2, 0.25) is 0 Å². The van der Waals surface area contributed by atoms with E-state index in [1.165, 1.54) is 17.7 Å². The van der Waals surface area contributed by atoms with E-state index in [-0.39, 0.29) is 25.0 Å². The largest absolute Gasteiger partial charge is 0.480 e. The third-order valence-electron chi connectivity index (χ3n) is 4.01. The molecular formula is C13H22N2O4. The number of aliphatic hydroxyl groups is 1. The van der Waals surface area contributed by atoms with Crippen molar-refractivity contribution in [2.75, 3.05) is 6.54 Å². The minimum Gasteiger partial charge on any atom is -0.480 e. The highest BCUT2D eigenvalue weighted by molar-refractivity contribution is 5.83. The van der Waals surface area contributed by atoms with Gasteiger partial charge >= 0.3 is 12.0 Å². The Balaban J connectivity index is 1.92. The zero-order valence-electron chi connectivity index (χ0n) is 11.0. The summed E-state index contributed by atoms with van der Waals surface area (Å²) in [5, 5.41) is 21.5. The van der Waals surface area contributed by atoms with Gasteiger partial charge in [0.1, 0.15) is 6.04 Å². The summed E-state index contributed by atoms with van der Waals surface area (Å²) in [7, 11) is 0. The predicted molar refractivity (Wildman–Crippen MR) is 68.8 cm³/mol. The maximum atomic E-state index is 12.1. The zero-order chi connectivity index (χ0) is 13.8. The van der Waals surface area contributed by atoms with Crippen LogP contribution in [0, 0.1) is 0 Å². The third-order valence-corrected chi connectivity index (χ3v) is 4.01. The molecule has 2 atom stereocenters. The van der Waals surface area contributed by atoms with Gasteiger partial charge < -0.3 is 20.4 Å². The van der Waals surface area contributed by atoms with Crippen LogP contribution in [0.15, 0.2) is 0 Å². The van der Waals surface area contributed by atoms with E-state index < -0.39 is 18.1 Å². The molecule has 0 unspecified atom stereocenters. The fourth-order valence-corrected chi connectivity index (χ4v) is 2.95. The SMILES string of the molecule is O=C(O)[C@H]1C[C@@H](O)CN1C(=O)NC1CCCCCC1. The molecule has 0 aromatic heterocycles. The summed E-state index contributed by atoms with van der Waals surface area (Å²) in [6.07, 6.45) is 5.92. The highest BCUT2D eigenvalue weighted by atomic mass is 16.4. The van der Waals surface area contributed by atoms with Crippen molar-refractivity contribution in [3.05, 3.63) is 0 Å². The first-order valence-corrected chi connectivity index (χ1v) is 7.06. The Morgan fingerprint density at radius 3 is 2.32 bits per heavy atom. The lowest BCUT2D eigenvalue weighted by atomic mass is 10.1. The third kappa shape index (κ3) is 3.59. The lowest BCUT2D eigenvalue weighted by Gasteiger charge is -2.25. The van der Waals surface area contributed by atoms with Crippen molar-refractivity contribution in [3.63, 3.8) is 0 Å². The molecule has 0 aromatic rings. The van der Waals surface area contributed by atoms with Gasteiger partial charge in [-0.1, -0.05) is 25.7 Å². The molecule has 0 aromatic carbocycles. The van der Waals surface area contributed by atoms with Crippen LogP contribution < -0.4 is 5.32 Å². The number of carboxylic acids is 1. The van der Waals surface area contributed by atoms with Crippen molar-refractivity contribution in [1.29, 1.82) is 0 Å². The first-order chi connectivity index (χ1) is 9.08. The summed E-state index contributed by atoms with van der Waals surface area (Å²) in [5.74, 6) is -1.05. The van der Waals surface area contributed by atoms with Crippen molar-refractivity contribution in [2.45, 2.75) is 63.1 Å². The Morgan fingerprint density at radius 1 is 1.11 bits per heavy atom. The quantitative estimate of drug-likeness (QED) is 0.651. The second-order valence-corrected chi connectivity index (χ2v) is 5.53. The Kier molecular flexibility index (Phi) is 4.63. The fourth-order valence-electron chi connectivity index (χ4n) is 2.95. The van der Waals surface area contributed by atoms with Crippen LogP contribution in [0.3, 0.4) is 0 Å². The van der Waals surface area contributed by atoms with Gasteiger partial charge in [-0.3, -0.25) is 0 Å². The summed E-state index contributed by atoms with van der Waals surface area (Å²) < 4.78 is 0. The highest BCUT2D eigenvalue weighted by Crippen LogP contribution is 2.21. The number of urea groups is 1. The number of hydrogen-bond donors (Lipinski definition) is 3. The van der Waals surface area contributed by atoms with Gasteiger partial charge in [0.25, 0.3) is 0 Å². The lowest BCUT2D eigenvalue weighted by molar-refractivity contribution is -0.141. The number of rotatable bonds is 2. The molecule has 2 amide bonds. The Bertz CT molecular complexity index is 340. The van der Waals surface area contributed by atoms with Crippen LogP contribution in [0.25, 0.3) is 0 Å². The van der Waals surface area contributed by atoms with Crippen molar-refractivity contribution >= 4 is 12.0 Å². The molecule has 1 aliphatic heterocycles. The van der Waals surface area contributed by atoms with Gasteiger partial charge in [-0.05, 0) is 12.8 Å². The molecule has 0 radical (unpaired) electrons. The molecule has 0 bridgehead atoms. The topological polar surface area (TPSA) is 89.9 Å². The highest BCUT2D eigenvalue weighted by Gasteiger charge is 2.39. The van der Waals surface area contributed by atoms with E-state index in [0.29, 0.717) is 0 Å². The van der Waals surface area contributed by atoms with Gasteiger partial charge in [-0.25, -0.2) is 9.59 Å². The molecule has 1 saturated carbocycles. The number of nitrogens with one attached hydrogen (secondary N) is 1. The Morgan fingerprint density at radius 2 is 1.74 bits per heavy atom. The van der Waals surface area contributed by atoms with Crippen molar-refractivity contribution in [3.8, 4) is 0 Å². The second kappa shape index (κ2) is 6.23. The number of aliphatic hydroxyl groups excluding tert-OH is 1. The van der Waals surface area contributed by atoms with E-state index in [2.05, 4.69) is 5.32 Å². The molecule has 1 aliphatic carbocycles. The monoisotopic (exact) mass is 270 g/mol. The number of amides is 2. The van der Waals surface area contributed by atoms with Crippen molar-refractivity contribution in [1.82, 2.24) is 10.2 Å². The van der Waals surface area contributed by atoms with E-state index >= 15 is 0 Å². The molecule has 3 N–H and O–H groups in total. The number of carbonyl (C=O) groups excluding carboxylic acids is 1. The fraction of sp³-hybridized carbons (Fsp3) is 0.846. The summed E-state index contributed by atoms with van der Waals surface area (Å²) in [6, 6.07) is -1.11. The lowest BCUT2D eigenvalue weighted by Crippen LogP contribution is -2.49. The predicted octanol–water partition coefficient (Wildman–Crippen LogP) is 0.939. The van der Waals surface area contributed by atoms with Gasteiger partial charge in [0.2, 0.25) is 0 Å². The number of carbonyl (C=O) groups is 2. The number of aliphatic carboxylic acids is 1. The number of carboxylic acid groups (broad SMARTS) is 1. The number of likely N-dealkylation sites (tertiary alicyclic amines) is 1. The maximum Gasteiger partial charge on any atom is 0.326 e. The maximum absolute atomic E-state index is 12.1. The van der Waals surface area contributed by atoms with E-state index in [4.69, 9.17) is 5.11 Å². The molecule has 2 fully saturated rings. The molecule has 1 heterocycles. The standard InChI is InChI=1S/C13H22N2O4/c16-10-7-11(12(17)18)15(8-10)13(19)14-9-5-3-1-2-4-6-9/h9-11,16H,1-8H2,(H,14,19)(H,17,18)/t10-,11-/m1/s1. The first-order valence-electron chi connectivity index (χ1n) is 7.06. The zero-order valence-corrected chi connectivity index (χ0v) is 11.0. The molecule has 6 nitrogen and oxygen atoms in total. The van der Waals surface area contributed by atoms with E-state index in [9.17, 15) is 14.7 Å². The summed E-state index contributed by atoms with van der Waals surface area (Å²) in [6.45, 7) is 0.107. The minimum atomic E-state index is -1.05. The van der Waals surface area contributed by atoms with Crippen LogP contribution in [0.1, 0.15) is 44.9 Å². The molecule has 1 saturated heterocycles. The molecule has 6 heteroatoms. The number of hydrogen-bond acceptors (Lipinski definition) is 3. The smallest absolute Gasteiger partial charge is 0.326 e. The summed E-state index contributed by atoms with van der Waals surface area (Å²) in [4.78, 5) is 24.5. The van der Waals surface area contributed by atoms with Crippen molar-refractivity contribution in [2.24, 2.45) is 0 Å². The van der Waals surface area contributed by atoms with Gasteiger partial charge in [0, 0.05) is 19.0 Å². The second-order valence-electron chi connectivity index (χ2n) is 5.53. The minimum absolute atomic E-state index is 0.107. The number of nitrogens with zero attached hydrogens (tertiary/aromatic N) is 1. The van der Waals surface area contributed by atoms with E-state index in [1.807, 2.05) is 0 Å². The van der Waals surface area contributed by atoms with Crippen LogP contribution in [0.5, 0.6) is 0 Å². The average molecular weight is 270 g/mol. The first kappa shape index (κ1) is 14.1. The molecule has 2 aliphatic rings. The van der Waals surface area contributed by atoms with Crippen LogP contribution in [-0.2, 0) is 4.79 Å². The van der Waals surface area contributed by atoms with Gasteiger partial charge in [0.15, 0.2) is 0 Å². The molecule has 19 heavy (non-hydrogen) atoms. The van der Waals surface area contributed by atoms with Crippen LogP contribution >= 0.6 is 0 Å². The summed E-state index contributed by atoms with van der Waals surface area (Å²) >= 11 is 0. The van der Waals surface area contributed by atoms with Crippen LogP contribution in [0.4, 0.5) is 4.79 Å². The van der Waals surface area contributed by atoms with Crippen molar-refractivity contribution < 1.29 is 19.8 Å². The Hall–Kier alpha value is -1.30. The molecule has 2 rings (SSSR count). The molecule has 0 spiro atoms. The molecule has 108 valence electrons. The summed E-state index contributed by atoms with van der Waals surface area (Å²) in [5.41, 5.74) is 0. The van der Waals surface area contributed by atoms with E-state index in [0.717, 1.165) is 25.7 Å². The van der Waals surface area contributed by atoms with Gasteiger partial charge in [-0.2, -0.15) is 0 Å². The van der Waals surface area contributed by atoms with Gasteiger partial charge in [-0.15, -0.1) is 0 Å². The molecular weight excluding hydrogens is 248 g/mol. The number of β-amino-alcohol motifs (C(OH)–C–C–N with tert-alkyl or cyclic N) is 1. The van der Waals surface area contributed by atoms with Crippen LogP contribution in [-0.4, -0.2) is 51.8 Å². The Labute approximate surface area is 112 Å². The van der Waals surface area contributed by atoms with E-state index in [1.54, 1.807) is 0 Å². The average Bonchev–Trinajstić information content (AvgIpc) is 2.58. The normalized spacial score (nSPS) is 29.0. The van der Waals surface area contributed by atoms with Gasteiger partial charge in [0.05, 0.1) is 6.10 Å².